The maximum absolute atomic E-state index is 5.72. The Kier molecular flexibility index (Phi) is 4.22. The van der Waals surface area contributed by atoms with Crippen molar-refractivity contribution in [3.63, 3.8) is 0 Å². The molecule has 0 aliphatic carbocycles. The van der Waals surface area contributed by atoms with Gasteiger partial charge in [-0.05, 0) is 18.6 Å². The standard InChI is InChI=1S/C15H17ClN4S/c1-19-12-7-4-3-6-11(12)10-13(19)14-17-18-15(20(14)2)21-9-5-8-16/h3-4,6-7,10H,5,8-9H2,1-2H3. The molecule has 6 heteroatoms. The molecule has 0 saturated carbocycles. The molecule has 3 rings (SSSR count). The first-order valence-electron chi connectivity index (χ1n) is 6.85. The molecule has 0 amide bonds. The SMILES string of the molecule is Cn1c(SCCCCl)nnc1-c1cc2ccccc2n1C. The van der Waals surface area contributed by atoms with Gasteiger partial charge in [0.25, 0.3) is 0 Å². The molecular formula is C15H17ClN4S. The van der Waals surface area contributed by atoms with Crippen LogP contribution in [0.15, 0.2) is 35.5 Å². The Morgan fingerprint density at radius 2 is 1.95 bits per heavy atom. The number of benzene rings is 1. The van der Waals surface area contributed by atoms with Crippen molar-refractivity contribution in [3.8, 4) is 11.5 Å². The van der Waals surface area contributed by atoms with Gasteiger partial charge in [-0.15, -0.1) is 21.8 Å². The molecule has 0 saturated heterocycles. The summed E-state index contributed by atoms with van der Waals surface area (Å²) in [5.74, 6) is 2.54. The quantitative estimate of drug-likeness (QED) is 0.408. The summed E-state index contributed by atoms with van der Waals surface area (Å²) in [5.41, 5.74) is 2.28. The lowest BCUT2D eigenvalue weighted by Crippen LogP contribution is -1.99. The molecule has 0 atom stereocenters. The molecule has 0 radical (unpaired) electrons. The number of aryl methyl sites for hydroxylation is 1. The molecule has 2 aromatic heterocycles. The second-order valence-electron chi connectivity index (χ2n) is 4.90. The Bertz CT molecular complexity index is 762. The molecule has 0 bridgehead atoms. The zero-order valence-corrected chi connectivity index (χ0v) is 13.7. The van der Waals surface area contributed by atoms with E-state index in [4.69, 9.17) is 11.6 Å². The minimum atomic E-state index is 0.681. The molecule has 0 aliphatic heterocycles. The fourth-order valence-electron chi connectivity index (χ4n) is 2.39. The molecule has 0 unspecified atom stereocenters. The maximum atomic E-state index is 5.72. The molecule has 4 nitrogen and oxygen atoms in total. The number of nitrogens with zero attached hydrogens (tertiary/aromatic N) is 4. The number of aromatic nitrogens is 4. The molecule has 21 heavy (non-hydrogen) atoms. The number of rotatable bonds is 5. The summed E-state index contributed by atoms with van der Waals surface area (Å²) in [6.45, 7) is 0. The Labute approximate surface area is 133 Å². The Morgan fingerprint density at radius 3 is 2.71 bits per heavy atom. The van der Waals surface area contributed by atoms with Gasteiger partial charge in [0, 0.05) is 36.6 Å². The van der Waals surface area contributed by atoms with E-state index in [0.29, 0.717) is 5.88 Å². The number of para-hydroxylation sites is 1. The Morgan fingerprint density at radius 1 is 1.14 bits per heavy atom. The molecule has 110 valence electrons. The van der Waals surface area contributed by atoms with Crippen LogP contribution in [0.5, 0.6) is 0 Å². The smallest absolute Gasteiger partial charge is 0.191 e. The van der Waals surface area contributed by atoms with Gasteiger partial charge in [0.2, 0.25) is 0 Å². The van der Waals surface area contributed by atoms with Crippen molar-refractivity contribution >= 4 is 34.3 Å². The highest BCUT2D eigenvalue weighted by Gasteiger charge is 2.15. The fraction of sp³-hybridized carbons (Fsp3) is 0.333. The van der Waals surface area contributed by atoms with Crippen LogP contribution in [0.1, 0.15) is 6.42 Å². The maximum Gasteiger partial charge on any atom is 0.191 e. The van der Waals surface area contributed by atoms with Crippen LogP contribution in [-0.2, 0) is 14.1 Å². The van der Waals surface area contributed by atoms with Crippen LogP contribution in [0, 0.1) is 0 Å². The number of fused-ring (bicyclic) bond motifs is 1. The van der Waals surface area contributed by atoms with Crippen molar-refractivity contribution < 1.29 is 0 Å². The first kappa shape index (κ1) is 14.5. The van der Waals surface area contributed by atoms with E-state index in [-0.39, 0.29) is 0 Å². The van der Waals surface area contributed by atoms with Gasteiger partial charge < -0.3 is 9.13 Å². The minimum absolute atomic E-state index is 0.681. The second kappa shape index (κ2) is 6.12. The van der Waals surface area contributed by atoms with Crippen molar-refractivity contribution in [3.05, 3.63) is 30.3 Å². The van der Waals surface area contributed by atoms with Gasteiger partial charge in [-0.3, -0.25) is 0 Å². The lowest BCUT2D eigenvalue weighted by Gasteiger charge is -2.05. The third-order valence-corrected chi connectivity index (χ3v) is 4.90. The van der Waals surface area contributed by atoms with Gasteiger partial charge in [0.15, 0.2) is 11.0 Å². The topological polar surface area (TPSA) is 35.6 Å². The number of alkyl halides is 1. The van der Waals surface area contributed by atoms with Crippen molar-refractivity contribution in [2.45, 2.75) is 11.6 Å². The lowest BCUT2D eigenvalue weighted by atomic mass is 10.2. The highest BCUT2D eigenvalue weighted by Crippen LogP contribution is 2.28. The molecular weight excluding hydrogens is 304 g/mol. The van der Waals surface area contributed by atoms with Crippen LogP contribution >= 0.6 is 23.4 Å². The monoisotopic (exact) mass is 320 g/mol. The molecule has 1 aromatic carbocycles. The largest absolute Gasteiger partial charge is 0.341 e. The summed E-state index contributed by atoms with van der Waals surface area (Å²) in [5, 5.41) is 10.8. The van der Waals surface area contributed by atoms with Gasteiger partial charge in [0.05, 0.1) is 5.69 Å². The van der Waals surface area contributed by atoms with Crippen molar-refractivity contribution in [2.75, 3.05) is 11.6 Å². The second-order valence-corrected chi connectivity index (χ2v) is 6.34. The van der Waals surface area contributed by atoms with Crippen molar-refractivity contribution in [2.24, 2.45) is 14.1 Å². The number of hydrogen-bond donors (Lipinski definition) is 0. The Balaban J connectivity index is 1.97. The summed E-state index contributed by atoms with van der Waals surface area (Å²) in [6.07, 6.45) is 0.975. The van der Waals surface area contributed by atoms with Crippen LogP contribution in [0.3, 0.4) is 0 Å². The Hall–Kier alpha value is -1.46. The summed E-state index contributed by atoms with van der Waals surface area (Å²) in [6, 6.07) is 10.5. The van der Waals surface area contributed by atoms with Crippen molar-refractivity contribution in [1.29, 1.82) is 0 Å². The molecule has 0 aliphatic rings. The molecule has 2 heterocycles. The van der Waals surface area contributed by atoms with Crippen LogP contribution in [-0.4, -0.2) is 31.0 Å². The van der Waals surface area contributed by atoms with Gasteiger partial charge in [-0.1, -0.05) is 30.0 Å². The minimum Gasteiger partial charge on any atom is -0.341 e. The van der Waals surface area contributed by atoms with E-state index in [0.717, 1.165) is 28.8 Å². The summed E-state index contributed by atoms with van der Waals surface area (Å²) in [7, 11) is 4.07. The number of thioether (sulfide) groups is 1. The zero-order chi connectivity index (χ0) is 14.8. The molecule has 3 aromatic rings. The molecule has 0 N–H and O–H groups in total. The first-order valence-corrected chi connectivity index (χ1v) is 8.37. The van der Waals surface area contributed by atoms with E-state index in [2.05, 4.69) is 52.1 Å². The van der Waals surface area contributed by atoms with E-state index >= 15 is 0 Å². The van der Waals surface area contributed by atoms with Gasteiger partial charge in [-0.2, -0.15) is 0 Å². The third-order valence-electron chi connectivity index (χ3n) is 3.52. The van der Waals surface area contributed by atoms with E-state index in [9.17, 15) is 0 Å². The fourth-order valence-corrected chi connectivity index (χ4v) is 3.53. The highest BCUT2D eigenvalue weighted by atomic mass is 35.5. The summed E-state index contributed by atoms with van der Waals surface area (Å²) >= 11 is 7.41. The van der Waals surface area contributed by atoms with E-state index in [1.165, 1.54) is 10.9 Å². The van der Waals surface area contributed by atoms with E-state index in [1.807, 2.05) is 11.6 Å². The van der Waals surface area contributed by atoms with Gasteiger partial charge in [0.1, 0.15) is 0 Å². The normalized spacial score (nSPS) is 11.4. The third kappa shape index (κ3) is 2.68. The highest BCUT2D eigenvalue weighted by molar-refractivity contribution is 7.99. The van der Waals surface area contributed by atoms with Crippen LogP contribution < -0.4 is 0 Å². The van der Waals surface area contributed by atoms with Gasteiger partial charge >= 0.3 is 0 Å². The summed E-state index contributed by atoms with van der Waals surface area (Å²) in [4.78, 5) is 0. The van der Waals surface area contributed by atoms with Crippen LogP contribution in [0.4, 0.5) is 0 Å². The predicted octanol–water partition coefficient (Wildman–Crippen LogP) is 3.69. The van der Waals surface area contributed by atoms with Crippen LogP contribution in [0.25, 0.3) is 22.4 Å². The first-order chi connectivity index (χ1) is 10.2. The van der Waals surface area contributed by atoms with E-state index in [1.54, 1.807) is 11.8 Å². The van der Waals surface area contributed by atoms with E-state index < -0.39 is 0 Å². The number of hydrogen-bond acceptors (Lipinski definition) is 3. The average molecular weight is 321 g/mol. The lowest BCUT2D eigenvalue weighted by molar-refractivity contribution is 0.787. The van der Waals surface area contributed by atoms with Crippen LogP contribution in [0.2, 0.25) is 0 Å². The predicted molar refractivity (Wildman–Crippen MR) is 89.0 cm³/mol. The molecule has 0 spiro atoms. The molecule has 0 fully saturated rings. The number of halogens is 1. The summed E-state index contributed by atoms with van der Waals surface area (Å²) < 4.78 is 4.21. The van der Waals surface area contributed by atoms with Gasteiger partial charge in [-0.25, -0.2) is 0 Å². The average Bonchev–Trinajstić information content (AvgIpc) is 3.01. The van der Waals surface area contributed by atoms with Crippen molar-refractivity contribution in [1.82, 2.24) is 19.3 Å². The zero-order valence-electron chi connectivity index (χ0n) is 12.1.